The van der Waals surface area contributed by atoms with Gasteiger partial charge in [0, 0.05) is 18.0 Å². The average Bonchev–Trinajstić information content (AvgIpc) is 2.98. The number of hydrogen-bond acceptors (Lipinski definition) is 5. The molecule has 1 aromatic heterocycles. The third kappa shape index (κ3) is 2.78. The lowest BCUT2D eigenvalue weighted by Crippen LogP contribution is -2.18. The predicted molar refractivity (Wildman–Crippen MR) is 88.2 cm³/mol. The molecule has 3 aromatic rings. The number of furan rings is 1. The van der Waals surface area contributed by atoms with Crippen LogP contribution in [-0.4, -0.2) is 25.0 Å². The lowest BCUT2D eigenvalue weighted by molar-refractivity contribution is -0.385. The van der Waals surface area contributed by atoms with Gasteiger partial charge in [-0.15, -0.1) is 0 Å². The first-order valence-electron chi connectivity index (χ1n) is 7.23. The predicted octanol–water partition coefficient (Wildman–Crippen LogP) is 3.52. The van der Waals surface area contributed by atoms with E-state index in [-0.39, 0.29) is 28.3 Å². The van der Waals surface area contributed by atoms with Crippen molar-refractivity contribution in [2.24, 2.45) is 0 Å². The molecule has 8 heteroatoms. The summed E-state index contributed by atoms with van der Waals surface area (Å²) in [6, 6.07) is 7.98. The molecule has 7 nitrogen and oxygen atoms in total. The van der Waals surface area contributed by atoms with E-state index < -0.39 is 16.6 Å². The normalized spacial score (nSPS) is 10.7. The Morgan fingerprint density at radius 1 is 1.28 bits per heavy atom. The van der Waals surface area contributed by atoms with Crippen LogP contribution < -0.4 is 10.1 Å². The number of nitro benzene ring substituents is 1. The molecular formula is C17H13FN2O5. The Morgan fingerprint density at radius 2 is 1.96 bits per heavy atom. The Bertz CT molecular complexity index is 979. The van der Waals surface area contributed by atoms with Gasteiger partial charge < -0.3 is 14.5 Å². The second-order valence-electron chi connectivity index (χ2n) is 5.17. The van der Waals surface area contributed by atoms with Crippen molar-refractivity contribution in [3.63, 3.8) is 0 Å². The Kier molecular flexibility index (Phi) is 4.10. The molecule has 0 bridgehead atoms. The lowest BCUT2D eigenvalue weighted by atomic mass is 10.0. The van der Waals surface area contributed by atoms with Crippen LogP contribution in [0.2, 0.25) is 0 Å². The second kappa shape index (κ2) is 6.23. The third-order valence-electron chi connectivity index (χ3n) is 3.75. The zero-order chi connectivity index (χ0) is 18.1. The molecule has 0 unspecified atom stereocenters. The summed E-state index contributed by atoms with van der Waals surface area (Å²) >= 11 is 0. The zero-order valence-electron chi connectivity index (χ0n) is 13.3. The van der Waals surface area contributed by atoms with Crippen LogP contribution in [0.4, 0.5) is 10.1 Å². The lowest BCUT2D eigenvalue weighted by Gasteiger charge is -2.03. The van der Waals surface area contributed by atoms with Gasteiger partial charge in [-0.2, -0.15) is 0 Å². The summed E-state index contributed by atoms with van der Waals surface area (Å²) in [5, 5.41) is 14.0. The highest BCUT2D eigenvalue weighted by atomic mass is 19.1. The largest absolute Gasteiger partial charge is 0.490 e. The molecule has 0 aliphatic heterocycles. The van der Waals surface area contributed by atoms with Crippen LogP contribution in [0, 0.1) is 15.9 Å². The number of fused-ring (bicyclic) bond motifs is 1. The average molecular weight is 344 g/mol. The van der Waals surface area contributed by atoms with E-state index in [4.69, 9.17) is 9.15 Å². The van der Waals surface area contributed by atoms with Gasteiger partial charge in [0.25, 0.3) is 5.91 Å². The minimum atomic E-state index is -0.599. The fourth-order valence-corrected chi connectivity index (χ4v) is 2.57. The van der Waals surface area contributed by atoms with Gasteiger partial charge in [-0.05, 0) is 30.3 Å². The number of nitro groups is 1. The molecule has 1 amide bonds. The fourth-order valence-electron chi connectivity index (χ4n) is 2.57. The molecule has 0 aliphatic carbocycles. The van der Waals surface area contributed by atoms with E-state index in [1.807, 2.05) is 0 Å². The molecule has 128 valence electrons. The van der Waals surface area contributed by atoms with Gasteiger partial charge in [0.15, 0.2) is 5.75 Å². The molecule has 0 fully saturated rings. The maximum atomic E-state index is 13.2. The van der Waals surface area contributed by atoms with Crippen molar-refractivity contribution in [1.29, 1.82) is 0 Å². The highest BCUT2D eigenvalue weighted by Crippen LogP contribution is 2.39. The van der Waals surface area contributed by atoms with Gasteiger partial charge in [-0.25, -0.2) is 4.39 Å². The summed E-state index contributed by atoms with van der Waals surface area (Å²) in [4.78, 5) is 22.9. The van der Waals surface area contributed by atoms with Crippen molar-refractivity contribution >= 4 is 22.6 Å². The molecule has 25 heavy (non-hydrogen) atoms. The number of hydrogen-bond donors (Lipinski definition) is 1. The molecule has 0 spiro atoms. The summed E-state index contributed by atoms with van der Waals surface area (Å²) in [6.07, 6.45) is 0. The molecule has 0 saturated heterocycles. The van der Waals surface area contributed by atoms with E-state index in [0.29, 0.717) is 10.9 Å². The van der Waals surface area contributed by atoms with Crippen LogP contribution in [0.25, 0.3) is 22.3 Å². The standard InChI is InChI=1S/C17H13FN2O5/c1-19-17(21)15-11-7-14(24-2)12(20(22)23)8-13(11)25-16(15)9-3-5-10(18)6-4-9/h3-8H,1-2H3,(H,19,21). The topological polar surface area (TPSA) is 94.6 Å². The van der Waals surface area contributed by atoms with Crippen molar-refractivity contribution in [3.05, 3.63) is 57.9 Å². The first-order chi connectivity index (χ1) is 12.0. The number of halogens is 1. The number of carbonyl (C=O) groups is 1. The molecule has 0 atom stereocenters. The maximum absolute atomic E-state index is 13.2. The van der Waals surface area contributed by atoms with E-state index in [9.17, 15) is 19.3 Å². The van der Waals surface area contributed by atoms with Gasteiger partial charge in [0.1, 0.15) is 17.2 Å². The highest BCUT2D eigenvalue weighted by molar-refractivity contribution is 6.11. The second-order valence-corrected chi connectivity index (χ2v) is 5.17. The van der Waals surface area contributed by atoms with Crippen LogP contribution in [0.15, 0.2) is 40.8 Å². The quantitative estimate of drug-likeness (QED) is 0.577. The molecule has 0 saturated carbocycles. The van der Waals surface area contributed by atoms with Crippen molar-refractivity contribution in [2.45, 2.75) is 0 Å². The SMILES string of the molecule is CNC(=O)c1c(-c2ccc(F)cc2)oc2cc([N+](=O)[O-])c(OC)cc12. The van der Waals surface area contributed by atoms with Crippen LogP contribution in [0.3, 0.4) is 0 Å². The molecule has 1 heterocycles. The Labute approximate surface area is 141 Å². The maximum Gasteiger partial charge on any atom is 0.314 e. The molecule has 0 aliphatic rings. The van der Waals surface area contributed by atoms with E-state index in [0.717, 1.165) is 0 Å². The highest BCUT2D eigenvalue weighted by Gasteiger charge is 2.26. The van der Waals surface area contributed by atoms with E-state index in [1.54, 1.807) is 0 Å². The van der Waals surface area contributed by atoms with E-state index in [1.165, 1.54) is 50.6 Å². The van der Waals surface area contributed by atoms with Gasteiger partial charge in [-0.1, -0.05) is 0 Å². The zero-order valence-corrected chi connectivity index (χ0v) is 13.3. The summed E-state index contributed by atoms with van der Waals surface area (Å²) < 4.78 is 23.9. The summed E-state index contributed by atoms with van der Waals surface area (Å²) in [7, 11) is 2.76. The number of nitrogens with zero attached hydrogens (tertiary/aromatic N) is 1. The van der Waals surface area contributed by atoms with Gasteiger partial charge >= 0.3 is 5.69 Å². The number of rotatable bonds is 4. The molecule has 1 N–H and O–H groups in total. The number of benzene rings is 2. The molecule has 0 radical (unpaired) electrons. The van der Waals surface area contributed by atoms with Gasteiger partial charge in [-0.3, -0.25) is 14.9 Å². The van der Waals surface area contributed by atoms with Crippen LogP contribution >= 0.6 is 0 Å². The number of methoxy groups -OCH3 is 1. The summed E-state index contributed by atoms with van der Waals surface area (Å²) in [5.74, 6) is -0.668. The van der Waals surface area contributed by atoms with Crippen LogP contribution in [0.1, 0.15) is 10.4 Å². The number of amides is 1. The summed E-state index contributed by atoms with van der Waals surface area (Å²) in [5.41, 5.74) is 0.540. The van der Waals surface area contributed by atoms with Crippen molar-refractivity contribution in [1.82, 2.24) is 5.32 Å². The smallest absolute Gasteiger partial charge is 0.314 e. The number of carbonyl (C=O) groups excluding carboxylic acids is 1. The van der Waals surface area contributed by atoms with Crippen molar-refractivity contribution in [2.75, 3.05) is 14.2 Å². The van der Waals surface area contributed by atoms with E-state index in [2.05, 4.69) is 5.32 Å². The number of ether oxygens (including phenoxy) is 1. The Morgan fingerprint density at radius 3 is 2.52 bits per heavy atom. The van der Waals surface area contributed by atoms with Gasteiger partial charge in [0.05, 0.1) is 23.7 Å². The van der Waals surface area contributed by atoms with Gasteiger partial charge in [0.2, 0.25) is 0 Å². The van der Waals surface area contributed by atoms with Crippen molar-refractivity contribution < 1.29 is 23.3 Å². The minimum absolute atomic E-state index is 0.00843. The fraction of sp³-hybridized carbons (Fsp3) is 0.118. The van der Waals surface area contributed by atoms with E-state index >= 15 is 0 Å². The molecular weight excluding hydrogens is 331 g/mol. The first kappa shape index (κ1) is 16.4. The number of nitrogens with one attached hydrogen (secondary N) is 1. The Balaban J connectivity index is 2.34. The third-order valence-corrected chi connectivity index (χ3v) is 3.75. The molecule has 2 aromatic carbocycles. The monoisotopic (exact) mass is 344 g/mol. The van der Waals surface area contributed by atoms with Crippen LogP contribution in [-0.2, 0) is 0 Å². The van der Waals surface area contributed by atoms with Crippen LogP contribution in [0.5, 0.6) is 5.75 Å². The minimum Gasteiger partial charge on any atom is -0.490 e. The van der Waals surface area contributed by atoms with Crippen molar-refractivity contribution in [3.8, 4) is 17.1 Å². The Hall–Kier alpha value is -3.42. The summed E-state index contributed by atoms with van der Waals surface area (Å²) in [6.45, 7) is 0. The first-order valence-corrected chi connectivity index (χ1v) is 7.23. The molecule has 3 rings (SSSR count).